The molecular weight excluding hydrogens is 451 g/mol. The molecule has 0 atom stereocenters. The summed E-state index contributed by atoms with van der Waals surface area (Å²) in [4.78, 5) is 38.5. The Morgan fingerprint density at radius 1 is 1.06 bits per heavy atom. The highest BCUT2D eigenvalue weighted by molar-refractivity contribution is 5.92. The molecule has 180 valence electrons. The smallest absolute Gasteiger partial charge is 0.322 e. The summed E-state index contributed by atoms with van der Waals surface area (Å²) in [6.45, 7) is 2.28. The minimum atomic E-state index is -0.603. The Bertz CT molecular complexity index is 1550. The molecule has 1 N–H and O–H groups in total. The van der Waals surface area contributed by atoms with Crippen molar-refractivity contribution in [3.8, 4) is 11.4 Å². The summed E-state index contributed by atoms with van der Waals surface area (Å²) >= 11 is 0. The normalized spacial score (nSPS) is 13.4. The average molecular weight is 477 g/mol. The number of carbonyl (C=O) groups is 1. The predicted molar refractivity (Wildman–Crippen MR) is 130 cm³/mol. The van der Waals surface area contributed by atoms with Crippen molar-refractivity contribution >= 4 is 22.5 Å². The van der Waals surface area contributed by atoms with Crippen molar-refractivity contribution in [2.45, 2.75) is 52.2 Å². The topological polar surface area (TPSA) is 104 Å². The second kappa shape index (κ2) is 9.28. The monoisotopic (exact) mass is 476 g/mol. The lowest BCUT2D eigenvalue weighted by atomic mass is 10.1. The van der Waals surface area contributed by atoms with E-state index in [0.29, 0.717) is 22.3 Å². The summed E-state index contributed by atoms with van der Waals surface area (Å²) in [7, 11) is 0. The van der Waals surface area contributed by atoms with Crippen molar-refractivity contribution in [3.05, 3.63) is 74.9 Å². The van der Waals surface area contributed by atoms with Gasteiger partial charge in [-0.2, -0.15) is 0 Å². The van der Waals surface area contributed by atoms with Gasteiger partial charge in [-0.05, 0) is 50.1 Å². The van der Waals surface area contributed by atoms with Crippen molar-refractivity contribution in [1.29, 1.82) is 0 Å². The highest BCUT2D eigenvalue weighted by Crippen LogP contribution is 2.26. The fourth-order valence-electron chi connectivity index (χ4n) is 4.59. The SMILES string of the molecule is CCn1c(=O)c2ccccc2n(CC(=O)Nc2cc(-c3nnc4n3CCCCC4)ccc2F)c1=O. The summed E-state index contributed by atoms with van der Waals surface area (Å²) in [5.74, 6) is 0.350. The number of rotatable bonds is 5. The summed E-state index contributed by atoms with van der Waals surface area (Å²) in [5.41, 5.74) is -0.0190. The van der Waals surface area contributed by atoms with Gasteiger partial charge in [0.25, 0.3) is 5.56 Å². The Kier molecular flexibility index (Phi) is 6.02. The van der Waals surface area contributed by atoms with E-state index in [2.05, 4.69) is 15.5 Å². The zero-order valence-electron chi connectivity index (χ0n) is 19.3. The van der Waals surface area contributed by atoms with Crippen LogP contribution in [0.5, 0.6) is 0 Å². The Morgan fingerprint density at radius 2 is 1.89 bits per heavy atom. The van der Waals surface area contributed by atoms with Crippen molar-refractivity contribution < 1.29 is 9.18 Å². The van der Waals surface area contributed by atoms with E-state index in [1.54, 1.807) is 37.3 Å². The zero-order chi connectivity index (χ0) is 24.5. The van der Waals surface area contributed by atoms with Gasteiger partial charge in [0.05, 0.1) is 16.6 Å². The number of fused-ring (bicyclic) bond motifs is 2. The lowest BCUT2D eigenvalue weighted by Crippen LogP contribution is -2.41. The molecule has 0 aliphatic carbocycles. The first-order valence-electron chi connectivity index (χ1n) is 11.7. The molecule has 9 nitrogen and oxygen atoms in total. The second-order valence-electron chi connectivity index (χ2n) is 8.58. The molecule has 0 bridgehead atoms. The molecule has 1 aliphatic heterocycles. The number of nitrogens with zero attached hydrogens (tertiary/aromatic N) is 5. The fourth-order valence-corrected chi connectivity index (χ4v) is 4.59. The van der Waals surface area contributed by atoms with Gasteiger partial charge in [-0.1, -0.05) is 18.6 Å². The minimum absolute atomic E-state index is 0.0142. The highest BCUT2D eigenvalue weighted by Gasteiger charge is 2.19. The largest absolute Gasteiger partial charge is 0.331 e. The molecule has 0 radical (unpaired) electrons. The van der Waals surface area contributed by atoms with E-state index in [0.717, 1.165) is 42.6 Å². The zero-order valence-corrected chi connectivity index (χ0v) is 19.3. The molecular formula is C25H25FN6O3. The number of benzene rings is 2. The third-order valence-corrected chi connectivity index (χ3v) is 6.36. The molecule has 0 unspecified atom stereocenters. The second-order valence-corrected chi connectivity index (χ2v) is 8.58. The highest BCUT2D eigenvalue weighted by atomic mass is 19.1. The van der Waals surface area contributed by atoms with Crippen molar-refractivity contribution in [2.24, 2.45) is 0 Å². The van der Waals surface area contributed by atoms with Gasteiger partial charge < -0.3 is 9.88 Å². The molecule has 2 aromatic carbocycles. The molecule has 0 fully saturated rings. The molecule has 1 aliphatic rings. The quantitative estimate of drug-likeness (QED) is 0.477. The van der Waals surface area contributed by atoms with Crippen LogP contribution in [0.2, 0.25) is 0 Å². The van der Waals surface area contributed by atoms with E-state index in [1.807, 2.05) is 4.57 Å². The van der Waals surface area contributed by atoms with Crippen LogP contribution < -0.4 is 16.6 Å². The fraction of sp³-hybridized carbons (Fsp3) is 0.320. The van der Waals surface area contributed by atoms with Gasteiger partial charge in [0.15, 0.2) is 5.82 Å². The third-order valence-electron chi connectivity index (χ3n) is 6.36. The van der Waals surface area contributed by atoms with E-state index in [-0.39, 0.29) is 18.8 Å². The van der Waals surface area contributed by atoms with Crippen molar-refractivity contribution in [2.75, 3.05) is 5.32 Å². The number of anilines is 1. The van der Waals surface area contributed by atoms with Crippen LogP contribution in [-0.2, 0) is 30.8 Å². The Morgan fingerprint density at radius 3 is 2.71 bits per heavy atom. The molecule has 0 saturated heterocycles. The lowest BCUT2D eigenvalue weighted by Gasteiger charge is -2.14. The van der Waals surface area contributed by atoms with E-state index in [4.69, 9.17) is 0 Å². The summed E-state index contributed by atoms with van der Waals surface area (Å²) in [6.07, 6.45) is 4.04. The lowest BCUT2D eigenvalue weighted by molar-refractivity contribution is -0.116. The van der Waals surface area contributed by atoms with Crippen LogP contribution in [0.25, 0.3) is 22.3 Å². The number of para-hydroxylation sites is 1. The summed E-state index contributed by atoms with van der Waals surface area (Å²) < 4.78 is 19.0. The maximum atomic E-state index is 14.6. The van der Waals surface area contributed by atoms with Crippen LogP contribution >= 0.6 is 0 Å². The molecule has 0 spiro atoms. The third kappa shape index (κ3) is 4.16. The van der Waals surface area contributed by atoms with Gasteiger partial charge >= 0.3 is 5.69 Å². The van der Waals surface area contributed by atoms with E-state index in [1.165, 1.54) is 16.7 Å². The maximum Gasteiger partial charge on any atom is 0.331 e. The molecule has 0 saturated carbocycles. The first kappa shape index (κ1) is 22.7. The van der Waals surface area contributed by atoms with Gasteiger partial charge in [0.2, 0.25) is 5.91 Å². The van der Waals surface area contributed by atoms with Gasteiger partial charge in [-0.3, -0.25) is 18.7 Å². The van der Waals surface area contributed by atoms with E-state index >= 15 is 0 Å². The molecule has 2 aromatic heterocycles. The van der Waals surface area contributed by atoms with Gasteiger partial charge in [-0.15, -0.1) is 10.2 Å². The Hall–Kier alpha value is -4.08. The average Bonchev–Trinajstić information content (AvgIpc) is 3.11. The number of halogens is 1. The minimum Gasteiger partial charge on any atom is -0.322 e. The summed E-state index contributed by atoms with van der Waals surface area (Å²) in [6, 6.07) is 11.0. The number of aryl methyl sites for hydroxylation is 1. The number of hydrogen-bond acceptors (Lipinski definition) is 5. The number of amides is 1. The van der Waals surface area contributed by atoms with Gasteiger partial charge in [0, 0.05) is 25.1 Å². The van der Waals surface area contributed by atoms with E-state index < -0.39 is 23.0 Å². The Balaban J connectivity index is 1.46. The first-order chi connectivity index (χ1) is 17.0. The Labute approximate surface area is 199 Å². The molecule has 5 rings (SSSR count). The number of aromatic nitrogens is 5. The van der Waals surface area contributed by atoms with Crippen LogP contribution in [0.15, 0.2) is 52.1 Å². The van der Waals surface area contributed by atoms with Crippen LogP contribution in [0.3, 0.4) is 0 Å². The van der Waals surface area contributed by atoms with Gasteiger partial charge in [0.1, 0.15) is 18.2 Å². The van der Waals surface area contributed by atoms with Crippen LogP contribution in [0.1, 0.15) is 32.0 Å². The molecule has 10 heteroatoms. The van der Waals surface area contributed by atoms with E-state index in [9.17, 15) is 18.8 Å². The van der Waals surface area contributed by atoms with Gasteiger partial charge in [-0.25, -0.2) is 9.18 Å². The first-order valence-corrected chi connectivity index (χ1v) is 11.7. The molecule has 3 heterocycles. The maximum absolute atomic E-state index is 14.6. The van der Waals surface area contributed by atoms with Crippen molar-refractivity contribution in [1.82, 2.24) is 23.9 Å². The number of nitrogens with one attached hydrogen (secondary N) is 1. The molecule has 1 amide bonds. The molecule has 4 aromatic rings. The number of hydrogen-bond donors (Lipinski definition) is 1. The van der Waals surface area contributed by atoms with Crippen LogP contribution in [0, 0.1) is 5.82 Å². The standard InChI is InChI=1S/C25H25FN6O3/c1-2-30-24(34)17-8-5-6-9-20(17)32(25(30)35)15-22(33)27-19-14-16(11-12-18(19)26)23-29-28-21-10-4-3-7-13-31(21)23/h5-6,8-9,11-12,14H,2-4,7,10,13,15H2,1H3,(H,27,33). The van der Waals surface area contributed by atoms with Crippen molar-refractivity contribution in [3.63, 3.8) is 0 Å². The number of carbonyl (C=O) groups excluding carboxylic acids is 1. The van der Waals surface area contributed by atoms with Crippen LogP contribution in [-0.4, -0.2) is 29.8 Å². The summed E-state index contributed by atoms with van der Waals surface area (Å²) in [5, 5.41) is 11.5. The van der Waals surface area contributed by atoms with Crippen LogP contribution in [0.4, 0.5) is 10.1 Å². The molecule has 35 heavy (non-hydrogen) atoms. The predicted octanol–water partition coefficient (Wildman–Crippen LogP) is 2.95.